The van der Waals surface area contributed by atoms with E-state index >= 15 is 0 Å². The van der Waals surface area contributed by atoms with Gasteiger partial charge < -0.3 is 5.32 Å². The molecule has 0 aliphatic heterocycles. The first kappa shape index (κ1) is 10.6. The Bertz CT molecular complexity index is 489. The molecule has 2 aromatic rings. The Labute approximate surface area is 94.6 Å². The van der Waals surface area contributed by atoms with E-state index in [0.717, 1.165) is 23.8 Å². The summed E-state index contributed by atoms with van der Waals surface area (Å²) in [4.78, 5) is 12.9. The van der Waals surface area contributed by atoms with Gasteiger partial charge in [0.2, 0.25) is 5.95 Å². The van der Waals surface area contributed by atoms with Crippen molar-refractivity contribution in [2.45, 2.75) is 20.3 Å². The molecule has 1 N–H and O–H groups in total. The van der Waals surface area contributed by atoms with Gasteiger partial charge in [-0.25, -0.2) is 9.97 Å². The number of nitrogens with zero attached hydrogens (tertiary/aromatic N) is 4. The third-order valence-electron chi connectivity index (χ3n) is 2.34. The number of nitrogens with one attached hydrogen (secondary N) is 1. The summed E-state index contributed by atoms with van der Waals surface area (Å²) in [7, 11) is 1.81. The lowest BCUT2D eigenvalue weighted by atomic mass is 10.4. The zero-order valence-electron chi connectivity index (χ0n) is 9.73. The minimum Gasteiger partial charge on any atom is -0.357 e. The molecule has 0 fully saturated rings. The van der Waals surface area contributed by atoms with Gasteiger partial charge in [0.15, 0.2) is 0 Å². The van der Waals surface area contributed by atoms with E-state index in [-0.39, 0.29) is 0 Å². The van der Waals surface area contributed by atoms with Crippen LogP contribution in [0.3, 0.4) is 0 Å². The van der Waals surface area contributed by atoms with Gasteiger partial charge in [0.05, 0.1) is 0 Å². The molecule has 5 nitrogen and oxygen atoms in total. The van der Waals surface area contributed by atoms with E-state index in [0.29, 0.717) is 5.95 Å². The van der Waals surface area contributed by atoms with Gasteiger partial charge in [-0.05, 0) is 6.92 Å². The fraction of sp³-hybridized carbons (Fsp3) is 0.364. The van der Waals surface area contributed by atoms with E-state index < -0.39 is 0 Å². The van der Waals surface area contributed by atoms with Crippen LogP contribution in [0.25, 0.3) is 5.82 Å². The van der Waals surface area contributed by atoms with Crippen LogP contribution >= 0.6 is 0 Å². The predicted molar refractivity (Wildman–Crippen MR) is 62.8 cm³/mol. The minimum absolute atomic E-state index is 0.630. The molecule has 0 spiro atoms. The lowest BCUT2D eigenvalue weighted by Crippen LogP contribution is -2.06. The average Bonchev–Trinajstić information content (AvgIpc) is 2.76. The van der Waals surface area contributed by atoms with Gasteiger partial charge in [0.1, 0.15) is 11.6 Å². The van der Waals surface area contributed by atoms with Crippen LogP contribution in [0.15, 0.2) is 18.5 Å². The van der Waals surface area contributed by atoms with Crippen molar-refractivity contribution in [3.05, 3.63) is 30.0 Å². The van der Waals surface area contributed by atoms with Crippen molar-refractivity contribution in [3.8, 4) is 5.82 Å². The zero-order valence-corrected chi connectivity index (χ0v) is 9.73. The van der Waals surface area contributed by atoms with Crippen molar-refractivity contribution < 1.29 is 0 Å². The predicted octanol–water partition coefficient (Wildman–Crippen LogP) is 1.57. The molecule has 2 aromatic heterocycles. The van der Waals surface area contributed by atoms with Gasteiger partial charge in [0.25, 0.3) is 0 Å². The molecule has 0 unspecified atom stereocenters. The Kier molecular flexibility index (Phi) is 2.85. The number of hydrogen-bond acceptors (Lipinski definition) is 4. The van der Waals surface area contributed by atoms with Crippen LogP contribution in [0, 0.1) is 6.92 Å². The van der Waals surface area contributed by atoms with Crippen LogP contribution in [-0.2, 0) is 6.42 Å². The van der Waals surface area contributed by atoms with E-state index in [2.05, 4.69) is 27.2 Å². The highest BCUT2D eigenvalue weighted by atomic mass is 15.2. The number of rotatable bonds is 3. The highest BCUT2D eigenvalue weighted by Gasteiger charge is 2.06. The Morgan fingerprint density at radius 3 is 2.88 bits per heavy atom. The van der Waals surface area contributed by atoms with Gasteiger partial charge in [-0.2, -0.15) is 4.98 Å². The summed E-state index contributed by atoms with van der Waals surface area (Å²) in [5.74, 6) is 2.48. The summed E-state index contributed by atoms with van der Waals surface area (Å²) in [5, 5.41) is 2.95. The first-order valence-electron chi connectivity index (χ1n) is 5.30. The van der Waals surface area contributed by atoms with Crippen LogP contribution in [-0.4, -0.2) is 26.6 Å². The standard InChI is InChI=1S/C11H15N5/c1-4-9-13-5-6-16(9)10-7-8(2)14-11(12-3)15-10/h5-7H,4H2,1-3H3,(H,12,14,15). The number of aromatic nitrogens is 4. The summed E-state index contributed by atoms with van der Waals surface area (Å²) < 4.78 is 1.98. The Morgan fingerprint density at radius 1 is 1.38 bits per heavy atom. The number of imidazole rings is 1. The molecule has 0 aromatic carbocycles. The van der Waals surface area contributed by atoms with Gasteiger partial charge in [0, 0.05) is 37.6 Å². The molecular weight excluding hydrogens is 202 g/mol. The molecule has 16 heavy (non-hydrogen) atoms. The fourth-order valence-corrected chi connectivity index (χ4v) is 1.59. The van der Waals surface area contributed by atoms with E-state index in [1.54, 1.807) is 6.20 Å². The van der Waals surface area contributed by atoms with Crippen molar-refractivity contribution in [3.63, 3.8) is 0 Å². The SMILES string of the molecule is CCc1nccn1-c1cc(C)nc(NC)n1. The molecule has 0 saturated heterocycles. The van der Waals surface area contributed by atoms with Gasteiger partial charge in [-0.1, -0.05) is 6.92 Å². The first-order valence-corrected chi connectivity index (χ1v) is 5.30. The lowest BCUT2D eigenvalue weighted by Gasteiger charge is -2.08. The summed E-state index contributed by atoms with van der Waals surface area (Å²) in [5.41, 5.74) is 0.935. The summed E-state index contributed by atoms with van der Waals surface area (Å²) in [6.45, 7) is 4.03. The van der Waals surface area contributed by atoms with Crippen molar-refractivity contribution >= 4 is 5.95 Å². The quantitative estimate of drug-likeness (QED) is 0.848. The number of anilines is 1. The second-order valence-electron chi connectivity index (χ2n) is 3.51. The molecule has 0 atom stereocenters. The van der Waals surface area contributed by atoms with E-state index in [4.69, 9.17) is 0 Å². The molecule has 5 heteroatoms. The average molecular weight is 217 g/mol. The monoisotopic (exact) mass is 217 g/mol. The normalized spacial score (nSPS) is 10.4. The molecule has 0 bridgehead atoms. The Hall–Kier alpha value is -1.91. The molecule has 0 saturated carbocycles. The maximum Gasteiger partial charge on any atom is 0.224 e. The van der Waals surface area contributed by atoms with Crippen molar-refractivity contribution in [1.82, 2.24) is 19.5 Å². The van der Waals surface area contributed by atoms with Crippen LogP contribution in [0.5, 0.6) is 0 Å². The van der Waals surface area contributed by atoms with E-state index in [1.807, 2.05) is 30.8 Å². The summed E-state index contributed by atoms with van der Waals surface area (Å²) in [6, 6.07) is 1.95. The van der Waals surface area contributed by atoms with E-state index in [9.17, 15) is 0 Å². The molecule has 0 aliphatic carbocycles. The maximum atomic E-state index is 4.40. The molecule has 0 aliphatic rings. The lowest BCUT2D eigenvalue weighted by molar-refractivity contribution is 0.859. The van der Waals surface area contributed by atoms with Crippen LogP contribution in [0.2, 0.25) is 0 Å². The summed E-state index contributed by atoms with van der Waals surface area (Å²) >= 11 is 0. The molecule has 0 amide bonds. The molecule has 0 radical (unpaired) electrons. The second kappa shape index (κ2) is 4.30. The largest absolute Gasteiger partial charge is 0.357 e. The third-order valence-corrected chi connectivity index (χ3v) is 2.34. The van der Waals surface area contributed by atoms with Crippen LogP contribution < -0.4 is 5.32 Å². The van der Waals surface area contributed by atoms with Crippen LogP contribution in [0.1, 0.15) is 18.4 Å². The van der Waals surface area contributed by atoms with Crippen molar-refractivity contribution in [2.75, 3.05) is 12.4 Å². The van der Waals surface area contributed by atoms with Gasteiger partial charge >= 0.3 is 0 Å². The number of hydrogen-bond donors (Lipinski definition) is 1. The van der Waals surface area contributed by atoms with Gasteiger partial charge in [-0.15, -0.1) is 0 Å². The fourth-order valence-electron chi connectivity index (χ4n) is 1.59. The highest BCUT2D eigenvalue weighted by Crippen LogP contribution is 2.11. The smallest absolute Gasteiger partial charge is 0.224 e. The summed E-state index contributed by atoms with van der Waals surface area (Å²) in [6.07, 6.45) is 4.58. The zero-order chi connectivity index (χ0) is 11.5. The third kappa shape index (κ3) is 1.88. The highest BCUT2D eigenvalue weighted by molar-refractivity contribution is 5.35. The molecule has 2 heterocycles. The second-order valence-corrected chi connectivity index (χ2v) is 3.51. The van der Waals surface area contributed by atoms with Crippen molar-refractivity contribution in [1.29, 1.82) is 0 Å². The van der Waals surface area contributed by atoms with E-state index in [1.165, 1.54) is 0 Å². The number of aryl methyl sites for hydroxylation is 2. The minimum atomic E-state index is 0.630. The maximum absolute atomic E-state index is 4.40. The topological polar surface area (TPSA) is 55.6 Å². The Balaban J connectivity index is 2.51. The van der Waals surface area contributed by atoms with Crippen molar-refractivity contribution in [2.24, 2.45) is 0 Å². The molecule has 84 valence electrons. The van der Waals surface area contributed by atoms with Gasteiger partial charge in [-0.3, -0.25) is 4.57 Å². The molecular formula is C11H15N5. The Morgan fingerprint density at radius 2 is 2.19 bits per heavy atom. The molecule has 2 rings (SSSR count). The van der Waals surface area contributed by atoms with Crippen LogP contribution in [0.4, 0.5) is 5.95 Å². The first-order chi connectivity index (χ1) is 7.74.